The number of benzene rings is 2. The van der Waals surface area contributed by atoms with Crippen molar-refractivity contribution >= 4 is 34.3 Å². The number of carbonyl (C=O) groups is 2. The predicted molar refractivity (Wildman–Crippen MR) is 100 cm³/mol. The van der Waals surface area contributed by atoms with Gasteiger partial charge in [-0.25, -0.2) is 4.79 Å². The van der Waals surface area contributed by atoms with E-state index in [1.54, 1.807) is 17.0 Å². The average Bonchev–Trinajstić information content (AvgIpc) is 3.27. The molecule has 132 valence electrons. The summed E-state index contributed by atoms with van der Waals surface area (Å²) in [4.78, 5) is 26.1. The third-order valence-electron chi connectivity index (χ3n) is 4.55. The highest BCUT2D eigenvalue weighted by molar-refractivity contribution is 5.98. The topological polar surface area (TPSA) is 74.6 Å². The molecule has 1 aromatic heterocycles. The third-order valence-corrected chi connectivity index (χ3v) is 4.55. The first kappa shape index (κ1) is 16.2. The van der Waals surface area contributed by atoms with Gasteiger partial charge in [-0.1, -0.05) is 24.3 Å². The van der Waals surface area contributed by atoms with Crippen LogP contribution in [-0.4, -0.2) is 25.0 Å². The molecule has 0 spiro atoms. The number of hydrogen-bond donors (Lipinski definition) is 2. The fourth-order valence-electron chi connectivity index (χ4n) is 3.07. The van der Waals surface area contributed by atoms with Crippen molar-refractivity contribution in [1.29, 1.82) is 0 Å². The Labute approximate surface area is 150 Å². The van der Waals surface area contributed by atoms with Gasteiger partial charge in [-0.3, -0.25) is 9.69 Å². The van der Waals surface area contributed by atoms with Gasteiger partial charge in [0.2, 0.25) is 5.91 Å². The molecule has 3 amide bonds. The van der Waals surface area contributed by atoms with E-state index >= 15 is 0 Å². The Morgan fingerprint density at radius 3 is 2.81 bits per heavy atom. The molecular formula is C20H19N3O3. The van der Waals surface area contributed by atoms with E-state index in [2.05, 4.69) is 10.6 Å². The van der Waals surface area contributed by atoms with Crippen molar-refractivity contribution in [3.63, 3.8) is 0 Å². The molecule has 1 aliphatic heterocycles. The number of urea groups is 1. The molecule has 26 heavy (non-hydrogen) atoms. The fraction of sp³-hybridized carbons (Fsp3) is 0.200. The lowest BCUT2D eigenvalue weighted by Gasteiger charge is -2.16. The standard InChI is InChI=1S/C20H19N3O3/c1-13(18-11-14-5-2-3-8-17(14)26-18)19(24)22-15-6-4-7-16(12-15)23-10-9-21-20(23)25/h2-8,11-13H,9-10H2,1H3,(H,21,25)(H,22,24). The molecule has 2 N–H and O–H groups in total. The van der Waals surface area contributed by atoms with E-state index in [1.165, 1.54) is 0 Å². The molecule has 0 radical (unpaired) electrons. The molecule has 1 unspecified atom stereocenters. The maximum Gasteiger partial charge on any atom is 0.321 e. The first-order valence-electron chi connectivity index (χ1n) is 8.56. The van der Waals surface area contributed by atoms with E-state index in [0.29, 0.717) is 24.5 Å². The monoisotopic (exact) mass is 349 g/mol. The van der Waals surface area contributed by atoms with Crippen molar-refractivity contribution in [2.75, 3.05) is 23.3 Å². The Morgan fingerprint density at radius 2 is 2.04 bits per heavy atom. The van der Waals surface area contributed by atoms with Crippen LogP contribution in [0.3, 0.4) is 0 Å². The Hall–Kier alpha value is -3.28. The summed E-state index contributed by atoms with van der Waals surface area (Å²) in [6.45, 7) is 3.05. The lowest BCUT2D eigenvalue weighted by atomic mass is 10.1. The highest BCUT2D eigenvalue weighted by Gasteiger charge is 2.22. The van der Waals surface area contributed by atoms with E-state index in [9.17, 15) is 9.59 Å². The molecule has 2 heterocycles. The normalized spacial score (nSPS) is 15.1. The minimum Gasteiger partial charge on any atom is -0.460 e. The second kappa shape index (κ2) is 6.55. The van der Waals surface area contributed by atoms with E-state index in [4.69, 9.17) is 4.42 Å². The highest BCUT2D eigenvalue weighted by atomic mass is 16.3. The van der Waals surface area contributed by atoms with Crippen molar-refractivity contribution in [2.24, 2.45) is 0 Å². The van der Waals surface area contributed by atoms with E-state index < -0.39 is 5.92 Å². The summed E-state index contributed by atoms with van der Waals surface area (Å²) in [5, 5.41) is 6.65. The van der Waals surface area contributed by atoms with Crippen molar-refractivity contribution in [1.82, 2.24) is 5.32 Å². The number of amides is 3. The second-order valence-electron chi connectivity index (χ2n) is 6.33. The highest BCUT2D eigenvalue weighted by Crippen LogP contribution is 2.27. The zero-order valence-corrected chi connectivity index (χ0v) is 14.4. The van der Waals surface area contributed by atoms with Crippen molar-refractivity contribution in [3.8, 4) is 0 Å². The van der Waals surface area contributed by atoms with Crippen LogP contribution in [0.4, 0.5) is 16.2 Å². The molecule has 1 fully saturated rings. The lowest BCUT2D eigenvalue weighted by molar-refractivity contribution is -0.117. The molecule has 6 nitrogen and oxygen atoms in total. The number of carbonyl (C=O) groups excluding carboxylic acids is 2. The van der Waals surface area contributed by atoms with Gasteiger partial charge in [-0.15, -0.1) is 0 Å². The quantitative estimate of drug-likeness (QED) is 0.754. The van der Waals surface area contributed by atoms with E-state index in [1.807, 2.05) is 49.4 Å². The zero-order chi connectivity index (χ0) is 18.1. The molecule has 0 bridgehead atoms. The number of nitrogens with one attached hydrogen (secondary N) is 2. The van der Waals surface area contributed by atoms with Gasteiger partial charge in [0.15, 0.2) is 0 Å². The van der Waals surface area contributed by atoms with Crippen LogP contribution in [0.5, 0.6) is 0 Å². The van der Waals surface area contributed by atoms with Crippen LogP contribution in [0.2, 0.25) is 0 Å². The molecule has 1 saturated heterocycles. The fourth-order valence-corrected chi connectivity index (χ4v) is 3.07. The summed E-state index contributed by atoms with van der Waals surface area (Å²) >= 11 is 0. The largest absolute Gasteiger partial charge is 0.460 e. The predicted octanol–water partition coefficient (Wildman–Crippen LogP) is 3.70. The number of hydrogen-bond acceptors (Lipinski definition) is 3. The Morgan fingerprint density at radius 1 is 1.19 bits per heavy atom. The second-order valence-corrected chi connectivity index (χ2v) is 6.33. The molecule has 1 aliphatic rings. The summed E-state index contributed by atoms with van der Waals surface area (Å²) < 4.78 is 5.79. The number of anilines is 2. The van der Waals surface area contributed by atoms with Crippen LogP contribution < -0.4 is 15.5 Å². The molecular weight excluding hydrogens is 330 g/mol. The van der Waals surface area contributed by atoms with Gasteiger partial charge in [0.05, 0.1) is 5.92 Å². The summed E-state index contributed by atoms with van der Waals surface area (Å²) in [7, 11) is 0. The number of furan rings is 1. The van der Waals surface area contributed by atoms with Gasteiger partial charge in [-0.2, -0.15) is 0 Å². The molecule has 1 atom stereocenters. The first-order chi connectivity index (χ1) is 12.6. The number of fused-ring (bicyclic) bond motifs is 1. The number of para-hydroxylation sites is 1. The van der Waals surface area contributed by atoms with Gasteiger partial charge in [0.1, 0.15) is 11.3 Å². The average molecular weight is 349 g/mol. The maximum atomic E-state index is 12.6. The van der Waals surface area contributed by atoms with Gasteiger partial charge < -0.3 is 15.1 Å². The number of rotatable bonds is 4. The third kappa shape index (κ3) is 3.01. The molecule has 2 aromatic carbocycles. The smallest absolute Gasteiger partial charge is 0.321 e. The Balaban J connectivity index is 1.51. The van der Waals surface area contributed by atoms with Gasteiger partial charge in [-0.05, 0) is 37.3 Å². The summed E-state index contributed by atoms with van der Waals surface area (Å²) in [6.07, 6.45) is 0. The SMILES string of the molecule is CC(C(=O)Nc1cccc(N2CCNC2=O)c1)c1cc2ccccc2o1. The van der Waals surface area contributed by atoms with Gasteiger partial charge in [0, 0.05) is 29.9 Å². The maximum absolute atomic E-state index is 12.6. The van der Waals surface area contributed by atoms with Crippen molar-refractivity contribution in [3.05, 3.63) is 60.4 Å². The lowest BCUT2D eigenvalue weighted by Crippen LogP contribution is -2.27. The first-order valence-corrected chi connectivity index (χ1v) is 8.56. The summed E-state index contributed by atoms with van der Waals surface area (Å²) in [6, 6.07) is 16.7. The Kier molecular flexibility index (Phi) is 4.08. The molecule has 0 aliphatic carbocycles. The van der Waals surface area contributed by atoms with Crippen molar-refractivity contribution in [2.45, 2.75) is 12.8 Å². The van der Waals surface area contributed by atoms with Crippen LogP contribution in [0, 0.1) is 0 Å². The van der Waals surface area contributed by atoms with E-state index in [-0.39, 0.29) is 11.9 Å². The summed E-state index contributed by atoms with van der Waals surface area (Å²) in [5.41, 5.74) is 2.17. The van der Waals surface area contributed by atoms with Crippen LogP contribution in [-0.2, 0) is 4.79 Å². The Bertz CT molecular complexity index is 946. The molecule has 0 saturated carbocycles. The van der Waals surface area contributed by atoms with Gasteiger partial charge in [0.25, 0.3) is 0 Å². The molecule has 3 aromatic rings. The summed E-state index contributed by atoms with van der Waals surface area (Å²) in [5.74, 6) is 0.0343. The van der Waals surface area contributed by atoms with E-state index in [0.717, 1.165) is 16.7 Å². The van der Waals surface area contributed by atoms with Crippen LogP contribution >= 0.6 is 0 Å². The minimum atomic E-state index is -0.429. The minimum absolute atomic E-state index is 0.121. The van der Waals surface area contributed by atoms with Crippen LogP contribution in [0.15, 0.2) is 59.0 Å². The van der Waals surface area contributed by atoms with Crippen LogP contribution in [0.1, 0.15) is 18.6 Å². The zero-order valence-electron chi connectivity index (χ0n) is 14.4. The van der Waals surface area contributed by atoms with Crippen molar-refractivity contribution < 1.29 is 14.0 Å². The number of nitrogens with zero attached hydrogens (tertiary/aromatic N) is 1. The molecule has 4 rings (SSSR count). The van der Waals surface area contributed by atoms with Gasteiger partial charge >= 0.3 is 6.03 Å². The van der Waals surface area contributed by atoms with Crippen LogP contribution in [0.25, 0.3) is 11.0 Å². The molecule has 6 heteroatoms.